The van der Waals surface area contributed by atoms with Crippen molar-refractivity contribution < 1.29 is 19.1 Å². The van der Waals surface area contributed by atoms with Gasteiger partial charge in [0.1, 0.15) is 11.6 Å². The van der Waals surface area contributed by atoms with Crippen molar-refractivity contribution in [1.29, 1.82) is 0 Å². The minimum Gasteiger partial charge on any atom is -0.444 e. The van der Waals surface area contributed by atoms with Crippen LogP contribution in [0.4, 0.5) is 4.79 Å². The van der Waals surface area contributed by atoms with Gasteiger partial charge in [0, 0.05) is 18.7 Å². The van der Waals surface area contributed by atoms with E-state index < -0.39 is 23.6 Å². The number of nitrogens with two attached hydrogens (primary N) is 1. The van der Waals surface area contributed by atoms with Gasteiger partial charge in [-0.1, -0.05) is 6.08 Å². The Morgan fingerprint density at radius 3 is 2.59 bits per heavy atom. The van der Waals surface area contributed by atoms with Crippen molar-refractivity contribution in [1.82, 2.24) is 9.80 Å². The smallest absolute Gasteiger partial charge is 0.410 e. The Morgan fingerprint density at radius 1 is 1.32 bits per heavy atom. The molecule has 1 saturated heterocycles. The molecule has 0 aromatic carbocycles. The van der Waals surface area contributed by atoms with Crippen LogP contribution in [0.2, 0.25) is 0 Å². The van der Waals surface area contributed by atoms with Crippen molar-refractivity contribution in [2.45, 2.75) is 45.3 Å². The molecule has 0 bridgehead atoms. The van der Waals surface area contributed by atoms with Crippen LogP contribution in [0.3, 0.4) is 0 Å². The summed E-state index contributed by atoms with van der Waals surface area (Å²) in [6.07, 6.45) is 2.63. The number of likely N-dealkylation sites (tertiary alicyclic amines) is 1. The predicted molar refractivity (Wildman–Crippen MR) is 79.8 cm³/mol. The molecule has 2 heterocycles. The zero-order valence-electron chi connectivity index (χ0n) is 13.3. The highest BCUT2D eigenvalue weighted by Gasteiger charge is 2.36. The summed E-state index contributed by atoms with van der Waals surface area (Å²) >= 11 is 0. The minimum atomic E-state index is -0.574. The van der Waals surface area contributed by atoms with E-state index in [1.165, 1.54) is 9.80 Å². The fraction of sp³-hybridized carbons (Fsp3) is 0.667. The number of primary amides is 1. The molecule has 2 aliphatic rings. The van der Waals surface area contributed by atoms with E-state index in [4.69, 9.17) is 10.5 Å². The van der Waals surface area contributed by atoms with Crippen molar-refractivity contribution in [3.63, 3.8) is 0 Å². The number of rotatable bonds is 2. The number of hydrogen-bond donors (Lipinski definition) is 1. The molecule has 1 fully saturated rings. The number of amides is 3. The van der Waals surface area contributed by atoms with Gasteiger partial charge >= 0.3 is 6.09 Å². The SMILES string of the molecule is CC(C)(C)OC(=O)N1CC=C(C(=O)N2CCC[C@H]2C(N)=O)C1. The monoisotopic (exact) mass is 309 g/mol. The average Bonchev–Trinajstić information content (AvgIpc) is 3.05. The fourth-order valence-corrected chi connectivity index (χ4v) is 2.67. The summed E-state index contributed by atoms with van der Waals surface area (Å²) in [5.74, 6) is -0.694. The van der Waals surface area contributed by atoms with Crippen LogP contribution >= 0.6 is 0 Å². The quantitative estimate of drug-likeness (QED) is 0.810. The molecule has 3 amide bonds. The largest absolute Gasteiger partial charge is 0.444 e. The lowest BCUT2D eigenvalue weighted by Gasteiger charge is -2.25. The molecular formula is C15H23N3O4. The maximum Gasteiger partial charge on any atom is 0.410 e. The predicted octanol–water partition coefficient (Wildman–Crippen LogP) is 0.640. The fourth-order valence-electron chi connectivity index (χ4n) is 2.67. The Labute approximate surface area is 130 Å². The molecule has 1 atom stereocenters. The van der Waals surface area contributed by atoms with Gasteiger partial charge in [0.2, 0.25) is 5.91 Å². The van der Waals surface area contributed by atoms with E-state index in [-0.39, 0.29) is 12.5 Å². The summed E-state index contributed by atoms with van der Waals surface area (Å²) in [7, 11) is 0. The lowest BCUT2D eigenvalue weighted by molar-refractivity contribution is -0.134. The van der Waals surface area contributed by atoms with Gasteiger partial charge in [0.15, 0.2) is 0 Å². The topological polar surface area (TPSA) is 92.9 Å². The molecule has 0 aromatic heterocycles. The van der Waals surface area contributed by atoms with E-state index in [2.05, 4.69) is 0 Å². The molecule has 0 saturated carbocycles. The van der Waals surface area contributed by atoms with E-state index in [1.807, 2.05) is 0 Å². The Balaban J connectivity index is 1.96. The summed E-state index contributed by atoms with van der Waals surface area (Å²) in [5, 5.41) is 0. The Kier molecular flexibility index (Phi) is 4.44. The Bertz CT molecular complexity index is 521. The lowest BCUT2D eigenvalue weighted by Crippen LogP contribution is -2.45. The van der Waals surface area contributed by atoms with E-state index >= 15 is 0 Å². The second kappa shape index (κ2) is 5.98. The van der Waals surface area contributed by atoms with Gasteiger partial charge in [-0.3, -0.25) is 14.5 Å². The van der Waals surface area contributed by atoms with Crippen LogP contribution in [0.25, 0.3) is 0 Å². The molecule has 122 valence electrons. The van der Waals surface area contributed by atoms with Gasteiger partial charge in [-0.15, -0.1) is 0 Å². The molecule has 7 heteroatoms. The third kappa shape index (κ3) is 3.58. The van der Waals surface area contributed by atoms with Gasteiger partial charge in [-0.2, -0.15) is 0 Å². The van der Waals surface area contributed by atoms with Crippen LogP contribution in [0, 0.1) is 0 Å². The summed E-state index contributed by atoms with van der Waals surface area (Å²) < 4.78 is 5.29. The molecule has 0 aromatic rings. The van der Waals surface area contributed by atoms with Crippen molar-refractivity contribution in [2.24, 2.45) is 5.73 Å². The van der Waals surface area contributed by atoms with Crippen LogP contribution < -0.4 is 5.73 Å². The molecule has 2 N–H and O–H groups in total. The zero-order valence-corrected chi connectivity index (χ0v) is 13.3. The first-order valence-electron chi connectivity index (χ1n) is 7.46. The maximum atomic E-state index is 12.5. The van der Waals surface area contributed by atoms with Crippen LogP contribution in [0.5, 0.6) is 0 Å². The van der Waals surface area contributed by atoms with Gasteiger partial charge in [-0.05, 0) is 33.6 Å². The number of carbonyl (C=O) groups excluding carboxylic acids is 3. The van der Waals surface area contributed by atoms with Crippen LogP contribution in [-0.2, 0) is 14.3 Å². The second-order valence-electron chi connectivity index (χ2n) is 6.65. The summed E-state index contributed by atoms with van der Waals surface area (Å²) in [5.41, 5.74) is 5.27. The van der Waals surface area contributed by atoms with Gasteiger partial charge in [-0.25, -0.2) is 4.79 Å². The Morgan fingerprint density at radius 2 is 2.00 bits per heavy atom. The average molecular weight is 309 g/mol. The van der Waals surface area contributed by atoms with Crippen LogP contribution in [-0.4, -0.2) is 59.0 Å². The highest BCUT2D eigenvalue weighted by Crippen LogP contribution is 2.22. The van der Waals surface area contributed by atoms with Crippen molar-refractivity contribution in [3.05, 3.63) is 11.6 Å². The molecule has 0 aliphatic carbocycles. The van der Waals surface area contributed by atoms with Gasteiger partial charge in [0.05, 0.1) is 6.54 Å². The molecule has 2 aliphatic heterocycles. The molecular weight excluding hydrogens is 286 g/mol. The second-order valence-corrected chi connectivity index (χ2v) is 6.65. The van der Waals surface area contributed by atoms with E-state index in [9.17, 15) is 14.4 Å². The molecule has 0 radical (unpaired) electrons. The number of ether oxygens (including phenoxy) is 1. The van der Waals surface area contributed by atoms with E-state index in [1.54, 1.807) is 26.8 Å². The highest BCUT2D eigenvalue weighted by atomic mass is 16.6. The third-order valence-electron chi connectivity index (χ3n) is 3.69. The first-order chi connectivity index (χ1) is 10.2. The standard InChI is InChI=1S/C15H23N3O4/c1-15(2,3)22-14(21)17-8-6-10(9-17)13(20)18-7-4-5-11(18)12(16)19/h6,11H,4-5,7-9H2,1-3H3,(H2,16,19)/t11-/m0/s1. The molecule has 7 nitrogen and oxygen atoms in total. The van der Waals surface area contributed by atoms with Crippen molar-refractivity contribution >= 4 is 17.9 Å². The summed E-state index contributed by atoms with van der Waals surface area (Å²) in [4.78, 5) is 38.8. The maximum absolute atomic E-state index is 12.5. The lowest BCUT2D eigenvalue weighted by atomic mass is 10.2. The molecule has 0 spiro atoms. The van der Waals surface area contributed by atoms with E-state index in [0.717, 1.165) is 6.42 Å². The molecule has 2 rings (SSSR count). The van der Waals surface area contributed by atoms with Gasteiger partial charge in [0.25, 0.3) is 5.91 Å². The number of hydrogen-bond acceptors (Lipinski definition) is 4. The van der Waals surface area contributed by atoms with Crippen LogP contribution in [0.15, 0.2) is 11.6 Å². The molecule has 22 heavy (non-hydrogen) atoms. The Hall–Kier alpha value is -2.05. The first kappa shape index (κ1) is 16.3. The van der Waals surface area contributed by atoms with E-state index in [0.29, 0.717) is 25.1 Å². The molecule has 0 unspecified atom stereocenters. The van der Waals surface area contributed by atoms with Gasteiger partial charge < -0.3 is 15.4 Å². The first-order valence-corrected chi connectivity index (χ1v) is 7.46. The van der Waals surface area contributed by atoms with Crippen LogP contribution in [0.1, 0.15) is 33.6 Å². The van der Waals surface area contributed by atoms with Crippen molar-refractivity contribution in [3.8, 4) is 0 Å². The number of carbonyl (C=O) groups is 3. The van der Waals surface area contributed by atoms with Crippen molar-refractivity contribution in [2.75, 3.05) is 19.6 Å². The summed E-state index contributed by atoms with van der Waals surface area (Å²) in [6, 6.07) is -0.538. The third-order valence-corrected chi connectivity index (χ3v) is 3.69. The summed E-state index contributed by atoms with van der Waals surface area (Å²) in [6.45, 7) is 6.45. The normalized spacial score (nSPS) is 21.8. The minimum absolute atomic E-state index is 0.204. The zero-order chi connectivity index (χ0) is 16.5. The highest BCUT2D eigenvalue weighted by molar-refractivity contribution is 5.98. The number of nitrogens with zero attached hydrogens (tertiary/aromatic N) is 2.